The van der Waals surface area contributed by atoms with Crippen LogP contribution in [0.2, 0.25) is 0 Å². The van der Waals surface area contributed by atoms with Gasteiger partial charge < -0.3 is 14.8 Å². The Hall–Kier alpha value is -2.96. The Bertz CT molecular complexity index is 707. The zero-order valence-electron chi connectivity index (χ0n) is 12.6. The number of hydrogen-bond donors (Lipinski definition) is 1. The van der Waals surface area contributed by atoms with E-state index in [1.165, 1.54) is 43.7 Å². The maximum Gasteiger partial charge on any atom is 0.573 e. The number of alkyl halides is 3. The molecule has 0 aliphatic rings. The molecule has 2 aromatic carbocycles. The highest BCUT2D eigenvalue weighted by atomic mass is 19.4. The fourth-order valence-corrected chi connectivity index (χ4v) is 1.82. The highest BCUT2D eigenvalue weighted by molar-refractivity contribution is 6.04. The second kappa shape index (κ2) is 7.54. The Morgan fingerprint density at radius 2 is 1.58 bits per heavy atom. The van der Waals surface area contributed by atoms with Gasteiger partial charge in [-0.1, -0.05) is 0 Å². The highest BCUT2D eigenvalue weighted by Crippen LogP contribution is 2.23. The lowest BCUT2D eigenvalue weighted by molar-refractivity contribution is -0.274. The number of carbonyl (C=O) groups is 1. The summed E-state index contributed by atoms with van der Waals surface area (Å²) < 4.78 is 44.9. The van der Waals surface area contributed by atoms with Gasteiger partial charge in [0.2, 0.25) is 0 Å². The number of rotatable bonds is 6. The van der Waals surface area contributed by atoms with Gasteiger partial charge in [-0.3, -0.25) is 4.79 Å². The Morgan fingerprint density at radius 1 is 1.00 bits per heavy atom. The van der Waals surface area contributed by atoms with Gasteiger partial charge in [-0.2, -0.15) is 0 Å². The van der Waals surface area contributed by atoms with Gasteiger partial charge in [0.1, 0.15) is 11.5 Å². The molecule has 0 aromatic heterocycles. The minimum Gasteiger partial charge on any atom is -0.497 e. The summed E-state index contributed by atoms with van der Waals surface area (Å²) in [6.45, 7) is 0. The first-order valence-corrected chi connectivity index (χ1v) is 6.85. The number of hydrogen-bond acceptors (Lipinski definition) is 4. The molecule has 0 aliphatic carbocycles. The van der Waals surface area contributed by atoms with E-state index in [9.17, 15) is 18.0 Å². The number of nitrogens with one attached hydrogen (secondary N) is 1. The minimum atomic E-state index is -4.72. The second-order valence-corrected chi connectivity index (χ2v) is 4.64. The van der Waals surface area contributed by atoms with Gasteiger partial charge in [0.05, 0.1) is 7.11 Å². The van der Waals surface area contributed by atoms with Crippen LogP contribution in [0.4, 0.5) is 18.9 Å². The molecule has 24 heavy (non-hydrogen) atoms. The maximum atomic E-state index is 12.0. The summed E-state index contributed by atoms with van der Waals surface area (Å²) in [7, 11) is 1.53. The standard InChI is InChI=1S/C17H14F3NO3/c1-23-14-6-2-12(3-7-14)16(22)10-11-21-13-4-8-15(9-5-13)24-17(18,19)20/h2-11,21H,1H3/b11-10+. The summed E-state index contributed by atoms with van der Waals surface area (Å²) in [5.74, 6) is 0.114. The van der Waals surface area contributed by atoms with Crippen LogP contribution < -0.4 is 14.8 Å². The summed E-state index contributed by atoms with van der Waals surface area (Å²) in [6, 6.07) is 11.8. The minimum absolute atomic E-state index is 0.220. The lowest BCUT2D eigenvalue weighted by Gasteiger charge is -2.09. The van der Waals surface area contributed by atoms with E-state index in [0.29, 0.717) is 17.0 Å². The van der Waals surface area contributed by atoms with Gasteiger partial charge in [-0.15, -0.1) is 13.2 Å². The third-order valence-electron chi connectivity index (χ3n) is 2.95. The average Bonchev–Trinajstić information content (AvgIpc) is 2.55. The molecule has 0 aliphatic heterocycles. The number of halogens is 3. The van der Waals surface area contributed by atoms with Crippen LogP contribution in [0, 0.1) is 0 Å². The summed E-state index contributed by atoms with van der Waals surface area (Å²) >= 11 is 0. The molecule has 0 fully saturated rings. The molecule has 1 N–H and O–H groups in total. The molecular formula is C17H14F3NO3. The molecule has 0 unspecified atom stereocenters. The Kier molecular flexibility index (Phi) is 5.47. The van der Waals surface area contributed by atoms with E-state index in [4.69, 9.17) is 4.74 Å². The number of ether oxygens (including phenoxy) is 2. The molecule has 0 atom stereocenters. The number of ketones is 1. The van der Waals surface area contributed by atoms with E-state index in [1.807, 2.05) is 0 Å². The Labute approximate surface area is 136 Å². The number of benzene rings is 2. The summed E-state index contributed by atoms with van der Waals surface area (Å²) in [6.07, 6.45) is -1.99. The van der Waals surface area contributed by atoms with Crippen LogP contribution >= 0.6 is 0 Å². The largest absolute Gasteiger partial charge is 0.573 e. The van der Waals surface area contributed by atoms with Crippen LogP contribution in [0.1, 0.15) is 10.4 Å². The first kappa shape index (κ1) is 17.4. The van der Waals surface area contributed by atoms with Crippen molar-refractivity contribution < 1.29 is 27.4 Å². The molecule has 2 aromatic rings. The van der Waals surface area contributed by atoms with E-state index in [-0.39, 0.29) is 11.5 Å². The van der Waals surface area contributed by atoms with Crippen molar-refractivity contribution in [1.29, 1.82) is 0 Å². The van der Waals surface area contributed by atoms with Crippen LogP contribution in [-0.4, -0.2) is 19.3 Å². The van der Waals surface area contributed by atoms with Gasteiger partial charge in [0.25, 0.3) is 0 Å². The Balaban J connectivity index is 1.92. The summed E-state index contributed by atoms with van der Waals surface area (Å²) in [5.41, 5.74) is 1.01. The predicted molar refractivity (Wildman–Crippen MR) is 83.2 cm³/mol. The van der Waals surface area contributed by atoms with Crippen molar-refractivity contribution >= 4 is 11.5 Å². The van der Waals surface area contributed by atoms with E-state index < -0.39 is 6.36 Å². The van der Waals surface area contributed by atoms with E-state index in [2.05, 4.69) is 10.1 Å². The van der Waals surface area contributed by atoms with Crippen molar-refractivity contribution in [3.05, 3.63) is 66.4 Å². The maximum absolute atomic E-state index is 12.0. The highest BCUT2D eigenvalue weighted by Gasteiger charge is 2.30. The van der Waals surface area contributed by atoms with Crippen molar-refractivity contribution in [2.45, 2.75) is 6.36 Å². The fourth-order valence-electron chi connectivity index (χ4n) is 1.82. The van der Waals surface area contributed by atoms with Crippen LogP contribution in [0.5, 0.6) is 11.5 Å². The lowest BCUT2D eigenvalue weighted by Crippen LogP contribution is -2.16. The molecule has 7 heteroatoms. The van der Waals surface area contributed by atoms with Crippen molar-refractivity contribution in [3.63, 3.8) is 0 Å². The number of carbonyl (C=O) groups excluding carboxylic acids is 1. The predicted octanol–water partition coefficient (Wildman–Crippen LogP) is 4.40. The van der Waals surface area contributed by atoms with E-state index >= 15 is 0 Å². The molecule has 126 valence electrons. The van der Waals surface area contributed by atoms with Gasteiger partial charge in [-0.05, 0) is 48.5 Å². The van der Waals surface area contributed by atoms with Gasteiger partial charge in [0, 0.05) is 23.5 Å². The number of allylic oxidation sites excluding steroid dienone is 1. The molecule has 2 rings (SSSR count). The number of anilines is 1. The molecule has 0 spiro atoms. The first-order valence-electron chi connectivity index (χ1n) is 6.85. The van der Waals surface area contributed by atoms with Gasteiger partial charge in [-0.25, -0.2) is 0 Å². The zero-order chi connectivity index (χ0) is 17.6. The third-order valence-corrected chi connectivity index (χ3v) is 2.95. The van der Waals surface area contributed by atoms with Crippen LogP contribution in [0.25, 0.3) is 0 Å². The van der Waals surface area contributed by atoms with Crippen LogP contribution in [0.3, 0.4) is 0 Å². The SMILES string of the molecule is COc1ccc(C(=O)/C=C/Nc2ccc(OC(F)(F)F)cc2)cc1. The Morgan fingerprint density at radius 3 is 2.12 bits per heavy atom. The molecule has 4 nitrogen and oxygen atoms in total. The normalized spacial score (nSPS) is 11.3. The average molecular weight is 337 g/mol. The molecule has 0 heterocycles. The first-order chi connectivity index (χ1) is 11.4. The quantitative estimate of drug-likeness (QED) is 0.627. The smallest absolute Gasteiger partial charge is 0.497 e. The monoisotopic (exact) mass is 337 g/mol. The van der Waals surface area contributed by atoms with Gasteiger partial charge >= 0.3 is 6.36 Å². The van der Waals surface area contributed by atoms with Crippen molar-refractivity contribution in [3.8, 4) is 11.5 Å². The van der Waals surface area contributed by atoms with E-state index in [1.54, 1.807) is 24.3 Å². The molecule has 0 saturated heterocycles. The lowest BCUT2D eigenvalue weighted by atomic mass is 10.1. The molecule has 0 amide bonds. The summed E-state index contributed by atoms with van der Waals surface area (Å²) in [4.78, 5) is 11.9. The van der Waals surface area contributed by atoms with Gasteiger partial charge in [0.15, 0.2) is 5.78 Å². The van der Waals surface area contributed by atoms with Crippen molar-refractivity contribution in [2.24, 2.45) is 0 Å². The fraction of sp³-hybridized carbons (Fsp3) is 0.118. The zero-order valence-corrected chi connectivity index (χ0v) is 12.6. The van der Waals surface area contributed by atoms with Crippen molar-refractivity contribution in [2.75, 3.05) is 12.4 Å². The molecule has 0 radical (unpaired) electrons. The topological polar surface area (TPSA) is 47.6 Å². The number of methoxy groups -OCH3 is 1. The molecular weight excluding hydrogens is 323 g/mol. The molecule has 0 saturated carbocycles. The molecule has 0 bridgehead atoms. The summed E-state index contributed by atoms with van der Waals surface area (Å²) in [5, 5.41) is 2.80. The van der Waals surface area contributed by atoms with E-state index in [0.717, 1.165) is 0 Å². The van der Waals surface area contributed by atoms with Crippen LogP contribution in [-0.2, 0) is 0 Å². The van der Waals surface area contributed by atoms with Crippen molar-refractivity contribution in [1.82, 2.24) is 0 Å². The second-order valence-electron chi connectivity index (χ2n) is 4.64. The third kappa shape index (κ3) is 5.35. The van der Waals surface area contributed by atoms with Crippen LogP contribution in [0.15, 0.2) is 60.8 Å².